The minimum absolute atomic E-state index is 0.222. The number of hydrogen-bond acceptors (Lipinski definition) is 4. The number of nitrogens with one attached hydrogen (secondary N) is 2. The van der Waals surface area contributed by atoms with Crippen LogP contribution in [0.4, 0.5) is 0 Å². The van der Waals surface area contributed by atoms with E-state index in [2.05, 4.69) is 23.9 Å². The molecule has 0 aliphatic carbocycles. The molecule has 2 N–H and O–H groups in total. The molecule has 1 aromatic heterocycles. The van der Waals surface area contributed by atoms with E-state index in [0.29, 0.717) is 12.5 Å². The van der Waals surface area contributed by atoms with Gasteiger partial charge in [0.05, 0.1) is 6.54 Å². The van der Waals surface area contributed by atoms with E-state index in [4.69, 9.17) is 0 Å². The van der Waals surface area contributed by atoms with Gasteiger partial charge < -0.3 is 5.32 Å². The molecule has 0 saturated carbocycles. The summed E-state index contributed by atoms with van der Waals surface area (Å²) in [6, 6.07) is 3.37. The first kappa shape index (κ1) is 17.1. The Labute approximate surface area is 124 Å². The number of rotatable bonds is 8. The summed E-state index contributed by atoms with van der Waals surface area (Å²) in [6.45, 7) is 6.45. The number of hydrogen-bond donors (Lipinski definition) is 2. The van der Waals surface area contributed by atoms with Gasteiger partial charge in [0.15, 0.2) is 0 Å². The summed E-state index contributed by atoms with van der Waals surface area (Å²) >= 11 is 1.23. The fraction of sp³-hybridized carbons (Fsp3) is 0.615. The maximum Gasteiger partial charge on any atom is 0.250 e. The standard InChI is InChI=1S/C13H22N2O3S2/c1-4-11-5-6-13(19-11)20(17,18)15-9-12(16)14-8-7-10(2)3/h5-6,10,15H,4,7-9H2,1-3H3,(H,14,16). The van der Waals surface area contributed by atoms with Crippen molar-refractivity contribution in [3.8, 4) is 0 Å². The molecule has 5 nitrogen and oxygen atoms in total. The van der Waals surface area contributed by atoms with Crippen LogP contribution in [-0.4, -0.2) is 27.4 Å². The number of thiophene rings is 1. The highest BCUT2D eigenvalue weighted by Crippen LogP contribution is 2.21. The summed E-state index contributed by atoms with van der Waals surface area (Å²) in [4.78, 5) is 12.5. The molecule has 0 spiro atoms. The molecule has 1 heterocycles. The van der Waals surface area contributed by atoms with Crippen molar-refractivity contribution in [1.82, 2.24) is 10.0 Å². The van der Waals surface area contributed by atoms with E-state index < -0.39 is 10.0 Å². The van der Waals surface area contributed by atoms with Gasteiger partial charge in [-0.05, 0) is 30.9 Å². The first-order valence-corrected chi connectivity index (χ1v) is 9.00. The van der Waals surface area contributed by atoms with Crippen molar-refractivity contribution in [3.63, 3.8) is 0 Å². The Kier molecular flexibility index (Phi) is 6.64. The molecule has 7 heteroatoms. The molecule has 0 bridgehead atoms. The van der Waals surface area contributed by atoms with E-state index >= 15 is 0 Å². The average Bonchev–Trinajstić information content (AvgIpc) is 2.85. The fourth-order valence-corrected chi connectivity index (χ4v) is 3.81. The van der Waals surface area contributed by atoms with Crippen LogP contribution in [0, 0.1) is 5.92 Å². The first-order valence-electron chi connectivity index (χ1n) is 6.70. The van der Waals surface area contributed by atoms with Crippen molar-refractivity contribution in [2.24, 2.45) is 5.92 Å². The van der Waals surface area contributed by atoms with Crippen LogP contribution in [0.1, 0.15) is 32.1 Å². The van der Waals surface area contributed by atoms with Crippen LogP contribution >= 0.6 is 11.3 Å². The Morgan fingerprint density at radius 2 is 2.05 bits per heavy atom. The highest BCUT2D eigenvalue weighted by atomic mass is 32.2. The number of carbonyl (C=O) groups excluding carboxylic acids is 1. The summed E-state index contributed by atoms with van der Waals surface area (Å²) < 4.78 is 26.5. The van der Waals surface area contributed by atoms with E-state index in [9.17, 15) is 13.2 Å². The van der Waals surface area contributed by atoms with Gasteiger partial charge in [0, 0.05) is 11.4 Å². The molecule has 0 atom stereocenters. The Morgan fingerprint density at radius 1 is 1.35 bits per heavy atom. The van der Waals surface area contributed by atoms with Crippen molar-refractivity contribution < 1.29 is 13.2 Å². The maximum atomic E-state index is 12.0. The lowest BCUT2D eigenvalue weighted by Gasteiger charge is -2.08. The van der Waals surface area contributed by atoms with Gasteiger partial charge in [-0.25, -0.2) is 13.1 Å². The lowest BCUT2D eigenvalue weighted by atomic mass is 10.1. The molecule has 0 unspecified atom stereocenters. The van der Waals surface area contributed by atoms with E-state index in [-0.39, 0.29) is 16.7 Å². The second-order valence-corrected chi connectivity index (χ2v) is 8.09. The van der Waals surface area contributed by atoms with Gasteiger partial charge in [-0.3, -0.25) is 4.79 Å². The molecular formula is C13H22N2O3S2. The minimum Gasteiger partial charge on any atom is -0.355 e. The summed E-state index contributed by atoms with van der Waals surface area (Å²) in [5.74, 6) is 0.201. The van der Waals surface area contributed by atoms with Gasteiger partial charge >= 0.3 is 0 Å². The van der Waals surface area contributed by atoms with Gasteiger partial charge in [-0.1, -0.05) is 20.8 Å². The van der Waals surface area contributed by atoms with Crippen molar-refractivity contribution in [3.05, 3.63) is 17.0 Å². The largest absolute Gasteiger partial charge is 0.355 e. The average molecular weight is 318 g/mol. The molecule has 0 aliphatic heterocycles. The summed E-state index contributed by atoms with van der Waals surface area (Å²) in [5, 5.41) is 2.69. The number of aryl methyl sites for hydroxylation is 1. The quantitative estimate of drug-likeness (QED) is 0.767. The lowest BCUT2D eigenvalue weighted by molar-refractivity contribution is -0.119. The van der Waals surface area contributed by atoms with Crippen LogP contribution in [0.5, 0.6) is 0 Å². The number of carbonyl (C=O) groups is 1. The van der Waals surface area contributed by atoms with Crippen LogP contribution in [0.2, 0.25) is 0 Å². The Bertz CT molecular complexity index is 536. The normalized spacial score (nSPS) is 11.8. The molecule has 1 amide bonds. The van der Waals surface area contributed by atoms with Crippen molar-refractivity contribution in [2.75, 3.05) is 13.1 Å². The van der Waals surface area contributed by atoms with E-state index in [1.807, 2.05) is 6.92 Å². The Balaban J connectivity index is 2.45. The van der Waals surface area contributed by atoms with Gasteiger partial charge in [-0.2, -0.15) is 0 Å². The van der Waals surface area contributed by atoms with Crippen molar-refractivity contribution in [2.45, 2.75) is 37.8 Å². The van der Waals surface area contributed by atoms with Gasteiger partial charge in [0.25, 0.3) is 10.0 Å². The molecule has 0 aromatic carbocycles. The molecule has 0 fully saturated rings. The molecule has 20 heavy (non-hydrogen) atoms. The second-order valence-electron chi connectivity index (χ2n) is 4.93. The van der Waals surface area contributed by atoms with Crippen LogP contribution in [0.3, 0.4) is 0 Å². The molecule has 1 aromatic rings. The highest BCUT2D eigenvalue weighted by Gasteiger charge is 2.17. The Hall–Kier alpha value is -0.920. The zero-order valence-corrected chi connectivity index (χ0v) is 13.7. The van der Waals surface area contributed by atoms with Crippen LogP contribution in [0.15, 0.2) is 16.3 Å². The van der Waals surface area contributed by atoms with E-state index in [1.54, 1.807) is 12.1 Å². The smallest absolute Gasteiger partial charge is 0.250 e. The number of sulfonamides is 1. The van der Waals surface area contributed by atoms with Crippen molar-refractivity contribution in [1.29, 1.82) is 0 Å². The molecular weight excluding hydrogens is 296 g/mol. The molecule has 0 saturated heterocycles. The summed E-state index contributed by atoms with van der Waals surface area (Å²) in [7, 11) is -3.58. The van der Waals surface area contributed by atoms with Crippen LogP contribution in [-0.2, 0) is 21.2 Å². The van der Waals surface area contributed by atoms with Gasteiger partial charge in [0.2, 0.25) is 5.91 Å². The molecule has 114 valence electrons. The van der Waals surface area contributed by atoms with E-state index in [0.717, 1.165) is 17.7 Å². The van der Waals surface area contributed by atoms with Crippen molar-refractivity contribution >= 4 is 27.3 Å². The highest BCUT2D eigenvalue weighted by molar-refractivity contribution is 7.91. The first-order chi connectivity index (χ1) is 9.35. The fourth-order valence-electron chi connectivity index (χ4n) is 1.49. The number of amides is 1. The third-order valence-corrected chi connectivity index (χ3v) is 5.84. The maximum absolute atomic E-state index is 12.0. The topological polar surface area (TPSA) is 75.3 Å². The summed E-state index contributed by atoms with van der Waals surface area (Å²) in [5.41, 5.74) is 0. The predicted octanol–water partition coefficient (Wildman–Crippen LogP) is 1.75. The lowest BCUT2D eigenvalue weighted by Crippen LogP contribution is -2.37. The monoisotopic (exact) mass is 318 g/mol. The van der Waals surface area contributed by atoms with Gasteiger partial charge in [-0.15, -0.1) is 11.3 Å². The predicted molar refractivity (Wildman–Crippen MR) is 81.4 cm³/mol. The Morgan fingerprint density at radius 3 is 2.60 bits per heavy atom. The molecule has 0 radical (unpaired) electrons. The zero-order chi connectivity index (χ0) is 15.2. The van der Waals surface area contributed by atoms with Crippen LogP contribution in [0.25, 0.3) is 0 Å². The van der Waals surface area contributed by atoms with E-state index in [1.165, 1.54) is 11.3 Å². The van der Waals surface area contributed by atoms with Gasteiger partial charge in [0.1, 0.15) is 4.21 Å². The summed E-state index contributed by atoms with van der Waals surface area (Å²) in [6.07, 6.45) is 1.68. The SMILES string of the molecule is CCc1ccc(S(=O)(=O)NCC(=O)NCCC(C)C)s1. The zero-order valence-electron chi connectivity index (χ0n) is 12.1. The third kappa shape index (κ3) is 5.60. The second kappa shape index (κ2) is 7.75. The minimum atomic E-state index is -3.58. The molecule has 0 aliphatic rings. The third-order valence-electron chi connectivity index (χ3n) is 2.72. The molecule has 1 rings (SSSR count). The van der Waals surface area contributed by atoms with Crippen LogP contribution < -0.4 is 10.0 Å².